The number of nitrogens with zero attached hydrogens (tertiary/aromatic N) is 1. The zero-order chi connectivity index (χ0) is 10.1. The highest BCUT2D eigenvalue weighted by Crippen LogP contribution is 2.03. The summed E-state index contributed by atoms with van der Waals surface area (Å²) in [5, 5.41) is 0. The highest BCUT2D eigenvalue weighted by atomic mass is 32.2. The second-order valence-electron chi connectivity index (χ2n) is 2.97. The topological polar surface area (TPSA) is 29.5 Å². The van der Waals surface area contributed by atoms with E-state index in [2.05, 4.69) is 4.90 Å². The van der Waals surface area contributed by atoms with Gasteiger partial charge >= 0.3 is 5.97 Å². The van der Waals surface area contributed by atoms with E-state index in [1.165, 1.54) is 0 Å². The SMILES string of the molecule is CCOC(=O)CCSCCN(C)C. The molecule has 0 aliphatic carbocycles. The monoisotopic (exact) mass is 205 g/mol. The summed E-state index contributed by atoms with van der Waals surface area (Å²) in [7, 11) is 4.10. The van der Waals surface area contributed by atoms with Crippen LogP contribution >= 0.6 is 11.8 Å². The van der Waals surface area contributed by atoms with Crippen molar-refractivity contribution < 1.29 is 9.53 Å². The Kier molecular flexibility index (Phi) is 8.24. The molecular weight excluding hydrogens is 186 g/mol. The predicted molar refractivity (Wildman–Crippen MR) is 57.1 cm³/mol. The van der Waals surface area contributed by atoms with Gasteiger partial charge in [0.1, 0.15) is 0 Å². The molecule has 0 bridgehead atoms. The molecule has 0 atom stereocenters. The molecule has 0 spiro atoms. The van der Waals surface area contributed by atoms with E-state index in [-0.39, 0.29) is 5.97 Å². The molecule has 3 nitrogen and oxygen atoms in total. The first-order chi connectivity index (χ1) is 6.16. The normalized spacial score (nSPS) is 10.5. The van der Waals surface area contributed by atoms with Gasteiger partial charge in [-0.1, -0.05) is 0 Å². The standard InChI is InChI=1S/C9H19NO2S/c1-4-12-9(11)5-7-13-8-6-10(2)3/h4-8H2,1-3H3. The van der Waals surface area contributed by atoms with Gasteiger partial charge in [0.25, 0.3) is 0 Å². The van der Waals surface area contributed by atoms with E-state index < -0.39 is 0 Å². The smallest absolute Gasteiger partial charge is 0.306 e. The number of ether oxygens (including phenoxy) is 1. The third kappa shape index (κ3) is 9.70. The summed E-state index contributed by atoms with van der Waals surface area (Å²) in [6.07, 6.45) is 0.534. The summed E-state index contributed by atoms with van der Waals surface area (Å²) < 4.78 is 4.81. The quantitative estimate of drug-likeness (QED) is 0.462. The van der Waals surface area contributed by atoms with Gasteiger partial charge in [-0.25, -0.2) is 0 Å². The number of carbonyl (C=O) groups excluding carboxylic acids is 1. The largest absolute Gasteiger partial charge is 0.466 e. The molecule has 78 valence electrons. The van der Waals surface area contributed by atoms with Gasteiger partial charge in [0.2, 0.25) is 0 Å². The molecular formula is C9H19NO2S. The maximum absolute atomic E-state index is 10.9. The molecule has 0 saturated carbocycles. The van der Waals surface area contributed by atoms with E-state index in [0.29, 0.717) is 13.0 Å². The van der Waals surface area contributed by atoms with Gasteiger partial charge < -0.3 is 9.64 Å². The number of esters is 1. The maximum Gasteiger partial charge on any atom is 0.306 e. The van der Waals surface area contributed by atoms with E-state index in [0.717, 1.165) is 18.1 Å². The van der Waals surface area contributed by atoms with Crippen molar-refractivity contribution in [2.75, 3.05) is 38.8 Å². The number of thioether (sulfide) groups is 1. The Balaban J connectivity index is 3.11. The van der Waals surface area contributed by atoms with Crippen molar-refractivity contribution in [2.45, 2.75) is 13.3 Å². The fourth-order valence-electron chi connectivity index (χ4n) is 0.738. The highest BCUT2D eigenvalue weighted by molar-refractivity contribution is 7.99. The third-order valence-corrected chi connectivity index (χ3v) is 2.40. The van der Waals surface area contributed by atoms with Crippen LogP contribution in [-0.2, 0) is 9.53 Å². The molecule has 0 heterocycles. The minimum absolute atomic E-state index is 0.0835. The molecule has 0 aromatic carbocycles. The second-order valence-corrected chi connectivity index (χ2v) is 4.20. The molecule has 0 radical (unpaired) electrons. The molecule has 0 aromatic rings. The van der Waals surface area contributed by atoms with Gasteiger partial charge in [-0.2, -0.15) is 11.8 Å². The first-order valence-electron chi connectivity index (χ1n) is 4.55. The van der Waals surface area contributed by atoms with Gasteiger partial charge in [0, 0.05) is 18.1 Å². The Labute approximate surface area is 84.8 Å². The third-order valence-electron chi connectivity index (χ3n) is 1.44. The molecule has 0 fully saturated rings. The summed E-state index contributed by atoms with van der Waals surface area (Å²) in [5.41, 5.74) is 0. The van der Waals surface area contributed by atoms with Crippen LogP contribution in [0.5, 0.6) is 0 Å². The zero-order valence-corrected chi connectivity index (χ0v) is 9.52. The van der Waals surface area contributed by atoms with E-state index in [4.69, 9.17) is 4.74 Å². The predicted octanol–water partition coefficient (Wildman–Crippen LogP) is 1.23. The van der Waals surface area contributed by atoms with Crippen LogP contribution in [0.15, 0.2) is 0 Å². The fourth-order valence-corrected chi connectivity index (χ4v) is 1.75. The summed E-state index contributed by atoms with van der Waals surface area (Å²) >= 11 is 1.79. The lowest BCUT2D eigenvalue weighted by Crippen LogP contribution is -2.15. The first-order valence-corrected chi connectivity index (χ1v) is 5.70. The van der Waals surface area contributed by atoms with E-state index >= 15 is 0 Å². The second kappa shape index (κ2) is 8.38. The molecule has 0 rings (SSSR count). The Morgan fingerprint density at radius 2 is 2.08 bits per heavy atom. The fraction of sp³-hybridized carbons (Fsp3) is 0.889. The lowest BCUT2D eigenvalue weighted by Gasteiger charge is -2.08. The summed E-state index contributed by atoms with van der Waals surface area (Å²) in [6, 6.07) is 0. The number of carbonyl (C=O) groups is 1. The van der Waals surface area contributed by atoms with E-state index in [1.807, 2.05) is 21.0 Å². The van der Waals surface area contributed by atoms with Gasteiger partial charge in [0.05, 0.1) is 13.0 Å². The molecule has 0 aliphatic heterocycles. The first kappa shape index (κ1) is 12.8. The average Bonchev–Trinajstić information content (AvgIpc) is 2.03. The molecule has 0 saturated heterocycles. The van der Waals surface area contributed by atoms with Crippen LogP contribution in [0.1, 0.15) is 13.3 Å². The van der Waals surface area contributed by atoms with Crippen molar-refractivity contribution in [1.82, 2.24) is 4.90 Å². The molecule has 13 heavy (non-hydrogen) atoms. The van der Waals surface area contributed by atoms with Crippen molar-refractivity contribution >= 4 is 17.7 Å². The molecule has 0 aliphatic rings. The molecule has 0 N–H and O–H groups in total. The molecule has 0 unspecified atom stereocenters. The average molecular weight is 205 g/mol. The number of hydrogen-bond acceptors (Lipinski definition) is 4. The van der Waals surface area contributed by atoms with E-state index in [9.17, 15) is 4.79 Å². The van der Waals surface area contributed by atoms with Crippen LogP contribution in [-0.4, -0.2) is 49.6 Å². The van der Waals surface area contributed by atoms with E-state index in [1.54, 1.807) is 11.8 Å². The molecule has 0 aromatic heterocycles. The Morgan fingerprint density at radius 1 is 1.38 bits per heavy atom. The summed E-state index contributed by atoms with van der Waals surface area (Å²) in [6.45, 7) is 3.38. The van der Waals surface area contributed by atoms with Crippen LogP contribution < -0.4 is 0 Å². The van der Waals surface area contributed by atoms with Crippen LogP contribution in [0.4, 0.5) is 0 Å². The van der Waals surface area contributed by atoms with Gasteiger partial charge in [-0.05, 0) is 21.0 Å². The summed E-state index contributed by atoms with van der Waals surface area (Å²) in [4.78, 5) is 13.0. The van der Waals surface area contributed by atoms with Gasteiger partial charge in [-0.3, -0.25) is 4.79 Å². The maximum atomic E-state index is 10.9. The van der Waals surface area contributed by atoms with Crippen molar-refractivity contribution in [3.05, 3.63) is 0 Å². The van der Waals surface area contributed by atoms with Gasteiger partial charge in [-0.15, -0.1) is 0 Å². The van der Waals surface area contributed by atoms with Crippen molar-refractivity contribution in [3.63, 3.8) is 0 Å². The number of rotatable bonds is 7. The zero-order valence-electron chi connectivity index (χ0n) is 8.71. The van der Waals surface area contributed by atoms with Crippen molar-refractivity contribution in [3.8, 4) is 0 Å². The van der Waals surface area contributed by atoms with Crippen LogP contribution in [0.25, 0.3) is 0 Å². The Bertz CT molecular complexity index is 140. The molecule has 0 amide bonds. The lowest BCUT2D eigenvalue weighted by atomic mass is 10.5. The Hall–Kier alpha value is -0.220. The Morgan fingerprint density at radius 3 is 2.62 bits per heavy atom. The van der Waals surface area contributed by atoms with Crippen LogP contribution in [0.2, 0.25) is 0 Å². The minimum Gasteiger partial charge on any atom is -0.466 e. The van der Waals surface area contributed by atoms with Crippen LogP contribution in [0, 0.1) is 0 Å². The number of hydrogen-bond donors (Lipinski definition) is 0. The van der Waals surface area contributed by atoms with Crippen LogP contribution in [0.3, 0.4) is 0 Å². The minimum atomic E-state index is -0.0835. The van der Waals surface area contributed by atoms with Gasteiger partial charge in [0.15, 0.2) is 0 Å². The molecule has 4 heteroatoms. The van der Waals surface area contributed by atoms with Crippen molar-refractivity contribution in [1.29, 1.82) is 0 Å². The van der Waals surface area contributed by atoms with Crippen molar-refractivity contribution in [2.24, 2.45) is 0 Å². The summed E-state index contributed by atoms with van der Waals surface area (Å²) in [5.74, 6) is 1.86. The lowest BCUT2D eigenvalue weighted by molar-refractivity contribution is -0.142. The highest BCUT2D eigenvalue weighted by Gasteiger charge is 2.00.